The molecule has 0 radical (unpaired) electrons. The summed E-state index contributed by atoms with van der Waals surface area (Å²) in [5.74, 6) is 0.486. The van der Waals surface area contributed by atoms with Gasteiger partial charge in [0.15, 0.2) is 16.2 Å². The minimum Gasteiger partial charge on any atom is -0.493 e. The molecule has 0 atom stereocenters. The van der Waals surface area contributed by atoms with Crippen molar-refractivity contribution in [2.24, 2.45) is 0 Å². The monoisotopic (exact) mass is 422 g/mol. The van der Waals surface area contributed by atoms with Crippen molar-refractivity contribution in [2.75, 3.05) is 7.11 Å². The first-order chi connectivity index (χ1) is 12.4. The third-order valence-electron chi connectivity index (χ3n) is 3.08. The number of benzene rings is 1. The van der Waals surface area contributed by atoms with Crippen LogP contribution in [0.1, 0.15) is 30.0 Å². The van der Waals surface area contributed by atoms with Crippen molar-refractivity contribution in [3.8, 4) is 11.5 Å². The number of halogens is 1. The molecule has 0 spiro atoms. The van der Waals surface area contributed by atoms with Crippen LogP contribution < -0.4 is 20.3 Å². The predicted molar refractivity (Wildman–Crippen MR) is 99.8 cm³/mol. The Morgan fingerprint density at radius 1 is 1.15 bits per heavy atom. The lowest BCUT2D eigenvalue weighted by Crippen LogP contribution is -2.40. The van der Waals surface area contributed by atoms with Crippen LogP contribution in [-0.4, -0.2) is 25.0 Å². The molecular formula is C18H19BrN2O5. The maximum atomic E-state index is 12.2. The van der Waals surface area contributed by atoms with E-state index in [1.54, 1.807) is 24.3 Å². The van der Waals surface area contributed by atoms with Gasteiger partial charge in [0.25, 0.3) is 11.8 Å². The molecule has 0 fully saturated rings. The van der Waals surface area contributed by atoms with Crippen LogP contribution in [0.15, 0.2) is 45.5 Å². The second kappa shape index (κ2) is 9.10. The van der Waals surface area contributed by atoms with Gasteiger partial charge in [0.05, 0.1) is 13.2 Å². The summed E-state index contributed by atoms with van der Waals surface area (Å²) in [4.78, 5) is 23.9. The third-order valence-corrected chi connectivity index (χ3v) is 3.51. The molecule has 138 valence electrons. The predicted octanol–water partition coefficient (Wildman–Crippen LogP) is 3.31. The van der Waals surface area contributed by atoms with Crippen LogP contribution >= 0.6 is 15.9 Å². The van der Waals surface area contributed by atoms with Crippen molar-refractivity contribution < 1.29 is 23.5 Å². The molecule has 0 aliphatic rings. The standard InChI is InChI=1S/C18H19BrN2O5/c1-11(2)25-14-7-4-12(10-15(14)24-3)18(23)21-20-17(22)9-6-13-5-8-16(19)26-13/h4-11H,1-3H3,(H,20,22)(H,21,23)/b9-6+. The summed E-state index contributed by atoms with van der Waals surface area (Å²) < 4.78 is 16.6. The maximum absolute atomic E-state index is 12.2. The molecule has 2 aromatic rings. The van der Waals surface area contributed by atoms with E-state index in [2.05, 4.69) is 26.8 Å². The summed E-state index contributed by atoms with van der Waals surface area (Å²) >= 11 is 3.17. The fourth-order valence-electron chi connectivity index (χ4n) is 1.97. The summed E-state index contributed by atoms with van der Waals surface area (Å²) in [6.45, 7) is 3.79. The molecule has 26 heavy (non-hydrogen) atoms. The lowest BCUT2D eigenvalue weighted by Gasteiger charge is -2.14. The molecule has 7 nitrogen and oxygen atoms in total. The van der Waals surface area contributed by atoms with Crippen molar-refractivity contribution in [3.63, 3.8) is 0 Å². The first kappa shape index (κ1) is 19.6. The van der Waals surface area contributed by atoms with E-state index < -0.39 is 11.8 Å². The summed E-state index contributed by atoms with van der Waals surface area (Å²) in [7, 11) is 1.49. The Kier molecular flexibility index (Phi) is 6.85. The number of carbonyl (C=O) groups is 2. The largest absolute Gasteiger partial charge is 0.493 e. The number of amides is 2. The lowest BCUT2D eigenvalue weighted by atomic mass is 10.2. The Bertz CT molecular complexity index is 814. The second-order valence-electron chi connectivity index (χ2n) is 5.45. The van der Waals surface area contributed by atoms with E-state index in [1.807, 2.05) is 13.8 Å². The van der Waals surface area contributed by atoms with Crippen LogP contribution in [0.25, 0.3) is 6.08 Å². The SMILES string of the molecule is COc1cc(C(=O)NNC(=O)/C=C/c2ccc(Br)o2)ccc1OC(C)C. The first-order valence-corrected chi connectivity index (χ1v) is 8.56. The number of hydrogen-bond acceptors (Lipinski definition) is 5. The van der Waals surface area contributed by atoms with Gasteiger partial charge in [-0.1, -0.05) is 0 Å². The normalized spacial score (nSPS) is 10.8. The lowest BCUT2D eigenvalue weighted by molar-refractivity contribution is -0.117. The molecule has 2 N–H and O–H groups in total. The molecular weight excluding hydrogens is 404 g/mol. The minimum atomic E-state index is -0.502. The molecule has 0 bridgehead atoms. The number of nitrogens with one attached hydrogen (secondary N) is 2. The fourth-order valence-corrected chi connectivity index (χ4v) is 2.29. The van der Waals surface area contributed by atoms with E-state index in [9.17, 15) is 9.59 Å². The first-order valence-electron chi connectivity index (χ1n) is 7.77. The van der Waals surface area contributed by atoms with Crippen molar-refractivity contribution in [1.82, 2.24) is 10.9 Å². The van der Waals surface area contributed by atoms with Crippen LogP contribution in [-0.2, 0) is 4.79 Å². The van der Waals surface area contributed by atoms with E-state index >= 15 is 0 Å². The van der Waals surface area contributed by atoms with E-state index in [1.165, 1.54) is 25.3 Å². The minimum absolute atomic E-state index is 0.0237. The molecule has 1 aromatic heterocycles. The Labute approximate surface area is 159 Å². The van der Waals surface area contributed by atoms with Crippen molar-refractivity contribution in [3.05, 3.63) is 52.4 Å². The van der Waals surface area contributed by atoms with E-state index in [0.29, 0.717) is 27.5 Å². The summed E-state index contributed by atoms with van der Waals surface area (Å²) in [5.41, 5.74) is 4.93. The zero-order valence-corrected chi connectivity index (χ0v) is 16.1. The number of hydrazine groups is 1. The number of carbonyl (C=O) groups excluding carboxylic acids is 2. The van der Waals surface area contributed by atoms with Gasteiger partial charge in [-0.25, -0.2) is 0 Å². The topological polar surface area (TPSA) is 89.8 Å². The highest BCUT2D eigenvalue weighted by atomic mass is 79.9. The summed E-state index contributed by atoms with van der Waals surface area (Å²) in [5, 5.41) is 0. The van der Waals surface area contributed by atoms with Gasteiger partial charge in [0.1, 0.15) is 5.76 Å². The molecule has 8 heteroatoms. The number of rotatable bonds is 6. The smallest absolute Gasteiger partial charge is 0.269 e. The van der Waals surface area contributed by atoms with Gasteiger partial charge >= 0.3 is 0 Å². The second-order valence-corrected chi connectivity index (χ2v) is 6.23. The average molecular weight is 423 g/mol. The number of ether oxygens (including phenoxy) is 2. The molecule has 0 aliphatic heterocycles. The van der Waals surface area contributed by atoms with Crippen molar-refractivity contribution >= 4 is 33.8 Å². The summed E-state index contributed by atoms with van der Waals surface area (Å²) in [6, 6.07) is 8.16. The molecule has 1 heterocycles. The van der Waals surface area contributed by atoms with Crippen LogP contribution in [0, 0.1) is 0 Å². The molecule has 0 saturated carbocycles. The third kappa shape index (κ3) is 5.66. The van der Waals surface area contributed by atoms with Crippen LogP contribution in [0.4, 0.5) is 0 Å². The van der Waals surface area contributed by atoms with Gasteiger partial charge in [-0.3, -0.25) is 20.4 Å². The highest BCUT2D eigenvalue weighted by molar-refractivity contribution is 9.10. The van der Waals surface area contributed by atoms with Crippen LogP contribution in [0.2, 0.25) is 0 Å². The molecule has 2 rings (SSSR count). The van der Waals surface area contributed by atoms with Crippen LogP contribution in [0.5, 0.6) is 11.5 Å². The van der Waals surface area contributed by atoms with E-state index in [4.69, 9.17) is 13.9 Å². The number of methoxy groups -OCH3 is 1. The molecule has 1 aromatic carbocycles. The van der Waals surface area contributed by atoms with Gasteiger partial charge in [-0.05, 0) is 66.2 Å². The van der Waals surface area contributed by atoms with Gasteiger partial charge in [-0.15, -0.1) is 0 Å². The van der Waals surface area contributed by atoms with Gasteiger partial charge in [0, 0.05) is 11.6 Å². The number of furan rings is 1. The molecule has 0 aliphatic carbocycles. The van der Waals surface area contributed by atoms with E-state index in [0.717, 1.165) is 0 Å². The molecule has 2 amide bonds. The maximum Gasteiger partial charge on any atom is 0.269 e. The summed E-state index contributed by atoms with van der Waals surface area (Å²) in [6.07, 6.45) is 2.70. The fraction of sp³-hybridized carbons (Fsp3) is 0.222. The van der Waals surface area contributed by atoms with E-state index in [-0.39, 0.29) is 6.10 Å². The van der Waals surface area contributed by atoms with Crippen molar-refractivity contribution in [1.29, 1.82) is 0 Å². The van der Waals surface area contributed by atoms with Gasteiger partial charge in [0.2, 0.25) is 0 Å². The Morgan fingerprint density at radius 2 is 1.92 bits per heavy atom. The Hall–Kier alpha value is -2.74. The zero-order valence-electron chi connectivity index (χ0n) is 14.5. The van der Waals surface area contributed by atoms with Gasteiger partial charge in [-0.2, -0.15) is 0 Å². The Balaban J connectivity index is 1.94. The number of hydrogen-bond donors (Lipinski definition) is 2. The highest BCUT2D eigenvalue weighted by Gasteiger charge is 2.12. The molecule has 0 saturated heterocycles. The average Bonchev–Trinajstić information content (AvgIpc) is 3.03. The highest BCUT2D eigenvalue weighted by Crippen LogP contribution is 2.28. The van der Waals surface area contributed by atoms with Crippen LogP contribution in [0.3, 0.4) is 0 Å². The molecule has 0 unspecified atom stereocenters. The Morgan fingerprint density at radius 3 is 2.54 bits per heavy atom. The zero-order chi connectivity index (χ0) is 19.1. The quantitative estimate of drug-likeness (QED) is 0.550. The van der Waals surface area contributed by atoms with Crippen molar-refractivity contribution in [2.45, 2.75) is 20.0 Å². The van der Waals surface area contributed by atoms with Gasteiger partial charge < -0.3 is 13.9 Å².